The highest BCUT2D eigenvalue weighted by molar-refractivity contribution is 5.76. The molecule has 7 nitrogen and oxygen atoms in total. The first-order valence-electron chi connectivity index (χ1n) is 7.15. The Bertz CT molecular complexity index is 920. The van der Waals surface area contributed by atoms with Crippen molar-refractivity contribution in [3.05, 3.63) is 24.2 Å². The fraction of sp³-hybridized carbons (Fsp3) is 0.429. The molecule has 24 heavy (non-hydrogen) atoms. The van der Waals surface area contributed by atoms with Crippen molar-refractivity contribution in [2.45, 2.75) is 13.1 Å². The number of rotatable bonds is 3. The number of alkyl halides is 3. The summed E-state index contributed by atoms with van der Waals surface area (Å²) in [4.78, 5) is 8.22. The van der Waals surface area contributed by atoms with Crippen molar-refractivity contribution in [1.29, 1.82) is 0 Å². The summed E-state index contributed by atoms with van der Waals surface area (Å²) in [5.74, 6) is -1.17. The molecule has 0 bridgehead atoms. The number of hydrogen-bond acceptors (Lipinski definition) is 6. The maximum Gasteiger partial charge on any atom is 0.452 e. The lowest BCUT2D eigenvalue weighted by molar-refractivity contribution is -0.145. The summed E-state index contributed by atoms with van der Waals surface area (Å²) >= 11 is 0. The van der Waals surface area contributed by atoms with E-state index in [-0.39, 0.29) is 34.7 Å². The van der Waals surface area contributed by atoms with E-state index in [0.717, 1.165) is 4.40 Å². The first-order chi connectivity index (χ1) is 11.4. The van der Waals surface area contributed by atoms with Crippen LogP contribution in [0.15, 0.2) is 18.3 Å². The molecule has 0 atom stereocenters. The lowest BCUT2D eigenvalue weighted by Crippen LogP contribution is -2.44. The van der Waals surface area contributed by atoms with Crippen LogP contribution >= 0.6 is 0 Å². The van der Waals surface area contributed by atoms with E-state index >= 15 is 0 Å². The van der Waals surface area contributed by atoms with Gasteiger partial charge in [-0.15, -0.1) is 10.2 Å². The van der Waals surface area contributed by atoms with Gasteiger partial charge in [0.05, 0.1) is 19.8 Å². The monoisotopic (exact) mass is 339 g/mol. The molecular weight excluding hydrogens is 327 g/mol. The van der Waals surface area contributed by atoms with E-state index in [9.17, 15) is 13.2 Å². The molecule has 1 fully saturated rings. The van der Waals surface area contributed by atoms with E-state index in [4.69, 9.17) is 9.47 Å². The highest BCUT2D eigenvalue weighted by Crippen LogP contribution is 2.33. The second-order valence-corrected chi connectivity index (χ2v) is 6.04. The minimum absolute atomic E-state index is 0.00775. The second kappa shape index (κ2) is 5.00. The van der Waals surface area contributed by atoms with Crippen molar-refractivity contribution in [3.63, 3.8) is 0 Å². The van der Waals surface area contributed by atoms with E-state index in [1.54, 1.807) is 12.1 Å². The van der Waals surface area contributed by atoms with Crippen molar-refractivity contribution < 1.29 is 22.6 Å². The van der Waals surface area contributed by atoms with Crippen molar-refractivity contribution in [2.24, 2.45) is 5.41 Å². The number of aromatic nitrogens is 5. The molecule has 0 spiro atoms. The van der Waals surface area contributed by atoms with Gasteiger partial charge in [0.2, 0.25) is 11.5 Å². The Kier molecular flexibility index (Phi) is 3.14. The Labute approximate surface area is 133 Å². The fourth-order valence-electron chi connectivity index (χ4n) is 2.49. The van der Waals surface area contributed by atoms with E-state index in [0.29, 0.717) is 13.2 Å². The zero-order chi connectivity index (χ0) is 16.9. The third-order valence-corrected chi connectivity index (χ3v) is 3.77. The molecule has 3 aromatic heterocycles. The Morgan fingerprint density at radius 3 is 2.75 bits per heavy atom. The molecular formula is C14H12F3N5O2. The third kappa shape index (κ3) is 2.33. The fourth-order valence-corrected chi connectivity index (χ4v) is 2.49. The molecule has 1 aliphatic heterocycles. The minimum atomic E-state index is -4.67. The standard InChI is InChI=1S/C14H12F3N5O2/c1-13(5-23-6-13)7-24-11-10-20-21-12(14(15,16)17)22(10)9-8(19-11)3-2-4-18-9/h2-4H,5-7H2,1H3. The minimum Gasteiger partial charge on any atom is -0.474 e. The van der Waals surface area contributed by atoms with Gasteiger partial charge in [0, 0.05) is 11.6 Å². The van der Waals surface area contributed by atoms with Gasteiger partial charge in [0.15, 0.2) is 5.65 Å². The Hall–Kier alpha value is -2.49. The van der Waals surface area contributed by atoms with Gasteiger partial charge in [-0.25, -0.2) is 14.4 Å². The Morgan fingerprint density at radius 2 is 2.08 bits per heavy atom. The molecule has 0 aromatic carbocycles. The molecule has 4 rings (SSSR count). The van der Waals surface area contributed by atoms with E-state index in [1.807, 2.05) is 6.92 Å². The lowest BCUT2D eigenvalue weighted by atomic mass is 9.90. The average Bonchev–Trinajstić information content (AvgIpc) is 2.96. The second-order valence-electron chi connectivity index (χ2n) is 6.04. The predicted molar refractivity (Wildman–Crippen MR) is 75.5 cm³/mol. The summed E-state index contributed by atoms with van der Waals surface area (Å²) in [6, 6.07) is 3.15. The number of ether oxygens (including phenoxy) is 2. The molecule has 0 unspecified atom stereocenters. The van der Waals surface area contributed by atoms with Crippen LogP contribution in [0.5, 0.6) is 5.88 Å². The van der Waals surface area contributed by atoms with Crippen LogP contribution in [0.3, 0.4) is 0 Å². The quantitative estimate of drug-likeness (QED) is 0.728. The molecule has 3 aromatic rings. The first-order valence-corrected chi connectivity index (χ1v) is 7.15. The molecule has 10 heteroatoms. The van der Waals surface area contributed by atoms with E-state index in [1.165, 1.54) is 6.20 Å². The molecule has 0 saturated carbocycles. The number of halogens is 3. The molecule has 0 N–H and O–H groups in total. The topological polar surface area (TPSA) is 74.4 Å². The lowest BCUT2D eigenvalue weighted by Gasteiger charge is -2.37. The predicted octanol–water partition coefficient (Wildman–Crippen LogP) is 2.11. The summed E-state index contributed by atoms with van der Waals surface area (Å²) in [5, 5.41) is 6.87. The number of hydrogen-bond donors (Lipinski definition) is 0. The van der Waals surface area contributed by atoms with Crippen LogP contribution in [-0.2, 0) is 10.9 Å². The summed E-state index contributed by atoms with van der Waals surface area (Å²) in [6.45, 7) is 3.27. The molecule has 1 saturated heterocycles. The van der Waals surface area contributed by atoms with Gasteiger partial charge in [0.1, 0.15) is 5.52 Å². The van der Waals surface area contributed by atoms with Crippen LogP contribution in [0.25, 0.3) is 16.8 Å². The maximum absolute atomic E-state index is 13.2. The van der Waals surface area contributed by atoms with Crippen LogP contribution in [-0.4, -0.2) is 44.4 Å². The summed E-state index contributed by atoms with van der Waals surface area (Å²) < 4.78 is 51.3. The zero-order valence-electron chi connectivity index (χ0n) is 12.5. The number of pyridine rings is 1. The van der Waals surface area contributed by atoms with Gasteiger partial charge in [0.25, 0.3) is 5.88 Å². The molecule has 0 aliphatic carbocycles. The summed E-state index contributed by atoms with van der Waals surface area (Å²) in [5.41, 5.74) is -0.0110. The van der Waals surface area contributed by atoms with Gasteiger partial charge in [-0.1, -0.05) is 6.92 Å². The average molecular weight is 339 g/mol. The third-order valence-electron chi connectivity index (χ3n) is 3.77. The Balaban J connectivity index is 1.88. The smallest absolute Gasteiger partial charge is 0.452 e. The van der Waals surface area contributed by atoms with Crippen LogP contribution in [0.1, 0.15) is 12.7 Å². The van der Waals surface area contributed by atoms with Gasteiger partial charge in [-0.3, -0.25) is 0 Å². The van der Waals surface area contributed by atoms with Crippen molar-refractivity contribution in [1.82, 2.24) is 24.6 Å². The van der Waals surface area contributed by atoms with Crippen molar-refractivity contribution in [3.8, 4) is 5.88 Å². The molecule has 1 aliphatic rings. The van der Waals surface area contributed by atoms with Gasteiger partial charge in [-0.2, -0.15) is 13.2 Å². The van der Waals surface area contributed by atoms with Crippen LogP contribution < -0.4 is 4.74 Å². The van der Waals surface area contributed by atoms with E-state index < -0.39 is 12.0 Å². The summed E-state index contributed by atoms with van der Waals surface area (Å²) in [7, 11) is 0. The zero-order valence-corrected chi connectivity index (χ0v) is 12.5. The van der Waals surface area contributed by atoms with Crippen LogP contribution in [0, 0.1) is 5.41 Å². The van der Waals surface area contributed by atoms with Crippen molar-refractivity contribution in [2.75, 3.05) is 19.8 Å². The van der Waals surface area contributed by atoms with Crippen LogP contribution in [0.2, 0.25) is 0 Å². The maximum atomic E-state index is 13.2. The van der Waals surface area contributed by atoms with E-state index in [2.05, 4.69) is 20.2 Å². The molecule has 0 amide bonds. The molecule has 0 radical (unpaired) electrons. The summed E-state index contributed by atoms with van der Waals surface area (Å²) in [6.07, 6.45) is -3.28. The molecule has 126 valence electrons. The number of fused-ring (bicyclic) bond motifs is 3. The van der Waals surface area contributed by atoms with Crippen molar-refractivity contribution >= 4 is 16.8 Å². The van der Waals surface area contributed by atoms with Gasteiger partial charge >= 0.3 is 6.18 Å². The largest absolute Gasteiger partial charge is 0.474 e. The normalized spacial score (nSPS) is 17.2. The highest BCUT2D eigenvalue weighted by Gasteiger charge is 2.39. The first kappa shape index (κ1) is 15.1. The number of nitrogens with zero attached hydrogens (tertiary/aromatic N) is 5. The highest BCUT2D eigenvalue weighted by atomic mass is 19.4. The van der Waals surface area contributed by atoms with Gasteiger partial charge < -0.3 is 9.47 Å². The SMILES string of the molecule is CC1(COc2nc3cccnc3n3c(C(F)(F)F)nnc23)COC1. The Morgan fingerprint density at radius 1 is 1.29 bits per heavy atom. The molecule has 4 heterocycles. The van der Waals surface area contributed by atoms with Gasteiger partial charge in [-0.05, 0) is 12.1 Å². The van der Waals surface area contributed by atoms with Crippen LogP contribution in [0.4, 0.5) is 13.2 Å².